The highest BCUT2D eigenvalue weighted by Gasteiger charge is 2.10. The van der Waals surface area contributed by atoms with E-state index in [9.17, 15) is 14.0 Å². The fraction of sp³-hybridized carbons (Fsp3) is 0.143. The molecule has 112 valence electrons. The lowest BCUT2D eigenvalue weighted by Crippen LogP contribution is -2.16. The molecule has 0 bridgehead atoms. The van der Waals surface area contributed by atoms with Crippen LogP contribution >= 0.6 is 11.3 Å². The van der Waals surface area contributed by atoms with Crippen LogP contribution in [0.2, 0.25) is 0 Å². The van der Waals surface area contributed by atoms with E-state index in [1.54, 1.807) is 6.92 Å². The first-order valence-corrected chi connectivity index (χ1v) is 7.14. The van der Waals surface area contributed by atoms with E-state index in [-0.39, 0.29) is 17.7 Å². The number of carbonyl (C=O) groups is 1. The fourth-order valence-corrected chi connectivity index (χ4v) is 2.60. The van der Waals surface area contributed by atoms with E-state index >= 15 is 0 Å². The normalized spacial score (nSPS) is 10.8. The number of hydrogen-bond donors (Lipinski definition) is 0. The standard InChI is InChI=1S/C14H10FN3O3S/c1-8-17-18-12(19)6-11(16-14(18)22-8)7-21-13(20)9-2-4-10(15)5-3-9/h2-6H,7H2,1H3. The zero-order valence-corrected chi connectivity index (χ0v) is 12.3. The molecule has 0 spiro atoms. The van der Waals surface area contributed by atoms with E-state index in [2.05, 4.69) is 10.1 Å². The van der Waals surface area contributed by atoms with Crippen molar-refractivity contribution >= 4 is 22.3 Å². The van der Waals surface area contributed by atoms with Crippen LogP contribution in [-0.2, 0) is 11.3 Å². The van der Waals surface area contributed by atoms with Gasteiger partial charge in [-0.15, -0.1) is 0 Å². The Morgan fingerprint density at radius 3 is 2.82 bits per heavy atom. The number of esters is 1. The van der Waals surface area contributed by atoms with Crippen molar-refractivity contribution in [3.8, 4) is 0 Å². The van der Waals surface area contributed by atoms with Crippen LogP contribution in [0.25, 0.3) is 4.96 Å². The molecule has 2 aromatic heterocycles. The summed E-state index contributed by atoms with van der Waals surface area (Å²) < 4.78 is 19.1. The molecule has 0 aliphatic heterocycles. The van der Waals surface area contributed by atoms with Crippen molar-refractivity contribution in [1.29, 1.82) is 0 Å². The molecule has 6 nitrogen and oxygen atoms in total. The van der Waals surface area contributed by atoms with Gasteiger partial charge in [0.25, 0.3) is 5.56 Å². The summed E-state index contributed by atoms with van der Waals surface area (Å²) >= 11 is 1.27. The molecule has 0 amide bonds. The Morgan fingerprint density at radius 1 is 1.36 bits per heavy atom. The van der Waals surface area contributed by atoms with Crippen molar-refractivity contribution in [1.82, 2.24) is 14.6 Å². The van der Waals surface area contributed by atoms with Gasteiger partial charge in [-0.1, -0.05) is 11.3 Å². The highest BCUT2D eigenvalue weighted by molar-refractivity contribution is 7.16. The van der Waals surface area contributed by atoms with Crippen LogP contribution in [0.1, 0.15) is 21.1 Å². The van der Waals surface area contributed by atoms with Gasteiger partial charge in [0.05, 0.1) is 11.3 Å². The summed E-state index contributed by atoms with van der Waals surface area (Å²) in [4.78, 5) is 28.3. The summed E-state index contributed by atoms with van der Waals surface area (Å²) in [6.07, 6.45) is 0. The van der Waals surface area contributed by atoms with Crippen LogP contribution < -0.4 is 5.56 Å². The Morgan fingerprint density at radius 2 is 2.09 bits per heavy atom. The summed E-state index contributed by atoms with van der Waals surface area (Å²) in [5.74, 6) is -1.04. The third kappa shape index (κ3) is 2.86. The van der Waals surface area contributed by atoms with Gasteiger partial charge in [-0.3, -0.25) is 4.79 Å². The number of hydrogen-bond acceptors (Lipinski definition) is 6. The average molecular weight is 319 g/mol. The minimum Gasteiger partial charge on any atom is -0.456 e. The second-order valence-electron chi connectivity index (χ2n) is 4.48. The van der Waals surface area contributed by atoms with Crippen LogP contribution in [0.3, 0.4) is 0 Å². The number of halogens is 1. The summed E-state index contributed by atoms with van der Waals surface area (Å²) in [5, 5.41) is 4.73. The largest absolute Gasteiger partial charge is 0.456 e. The molecule has 0 unspecified atom stereocenters. The molecule has 3 aromatic rings. The van der Waals surface area contributed by atoms with Gasteiger partial charge in [0, 0.05) is 6.07 Å². The van der Waals surface area contributed by atoms with Crippen molar-refractivity contribution in [2.24, 2.45) is 0 Å². The Kier molecular flexibility index (Phi) is 3.68. The zero-order valence-electron chi connectivity index (χ0n) is 11.4. The smallest absolute Gasteiger partial charge is 0.338 e. The van der Waals surface area contributed by atoms with Crippen LogP contribution in [0.15, 0.2) is 35.1 Å². The number of aromatic nitrogens is 3. The molecule has 0 atom stereocenters. The van der Waals surface area contributed by atoms with Crippen molar-refractivity contribution in [2.75, 3.05) is 0 Å². The Bertz CT molecular complexity index is 902. The predicted molar refractivity (Wildman–Crippen MR) is 77.4 cm³/mol. The van der Waals surface area contributed by atoms with Crippen LogP contribution in [-0.4, -0.2) is 20.6 Å². The van der Waals surface area contributed by atoms with Crippen molar-refractivity contribution in [2.45, 2.75) is 13.5 Å². The summed E-state index contributed by atoms with van der Waals surface area (Å²) in [6, 6.07) is 6.27. The minimum absolute atomic E-state index is 0.140. The quantitative estimate of drug-likeness (QED) is 0.690. The first-order chi connectivity index (χ1) is 10.5. The molecule has 0 fully saturated rings. The lowest BCUT2D eigenvalue weighted by atomic mass is 10.2. The topological polar surface area (TPSA) is 73.6 Å². The zero-order chi connectivity index (χ0) is 15.7. The number of benzene rings is 1. The molecule has 1 aromatic carbocycles. The lowest BCUT2D eigenvalue weighted by molar-refractivity contribution is 0.0467. The summed E-state index contributed by atoms with van der Waals surface area (Å²) in [5.41, 5.74) is 0.235. The third-order valence-corrected chi connectivity index (χ3v) is 3.65. The molecule has 0 aliphatic rings. The highest BCUT2D eigenvalue weighted by atomic mass is 32.1. The average Bonchev–Trinajstić information content (AvgIpc) is 2.86. The molecular weight excluding hydrogens is 309 g/mol. The Labute approximate surface area is 127 Å². The summed E-state index contributed by atoms with van der Waals surface area (Å²) in [7, 11) is 0. The maximum atomic E-state index is 12.8. The number of rotatable bonds is 3. The van der Waals surface area contributed by atoms with Gasteiger partial charge in [-0.25, -0.2) is 14.2 Å². The van der Waals surface area contributed by atoms with Gasteiger partial charge >= 0.3 is 5.97 Å². The molecule has 0 radical (unpaired) electrons. The molecule has 22 heavy (non-hydrogen) atoms. The van der Waals surface area contributed by atoms with E-state index < -0.39 is 11.8 Å². The number of nitrogens with zero attached hydrogens (tertiary/aromatic N) is 3. The number of aryl methyl sites for hydroxylation is 1. The van der Waals surface area contributed by atoms with Crippen LogP contribution in [0.5, 0.6) is 0 Å². The predicted octanol–water partition coefficient (Wildman–Crippen LogP) is 1.96. The van der Waals surface area contributed by atoms with Gasteiger partial charge in [0.1, 0.15) is 17.4 Å². The van der Waals surface area contributed by atoms with Gasteiger partial charge in [0.15, 0.2) is 0 Å². The molecule has 0 N–H and O–H groups in total. The fourth-order valence-electron chi connectivity index (χ4n) is 1.83. The van der Waals surface area contributed by atoms with E-state index in [1.807, 2.05) is 0 Å². The third-order valence-electron chi connectivity index (χ3n) is 2.83. The van der Waals surface area contributed by atoms with Crippen molar-refractivity contribution < 1.29 is 13.9 Å². The molecular formula is C14H10FN3O3S. The van der Waals surface area contributed by atoms with E-state index in [0.29, 0.717) is 15.7 Å². The number of carbonyl (C=O) groups excluding carboxylic acids is 1. The molecule has 2 heterocycles. The van der Waals surface area contributed by atoms with Gasteiger partial charge in [-0.05, 0) is 31.2 Å². The molecule has 0 aliphatic carbocycles. The van der Waals surface area contributed by atoms with Crippen molar-refractivity contribution in [3.63, 3.8) is 0 Å². The maximum absolute atomic E-state index is 12.8. The first kappa shape index (κ1) is 14.3. The summed E-state index contributed by atoms with van der Waals surface area (Å²) in [6.45, 7) is 1.63. The van der Waals surface area contributed by atoms with E-state index in [1.165, 1.54) is 46.2 Å². The minimum atomic E-state index is -0.609. The van der Waals surface area contributed by atoms with Crippen LogP contribution in [0.4, 0.5) is 4.39 Å². The molecule has 0 saturated carbocycles. The molecule has 3 rings (SSSR count). The first-order valence-electron chi connectivity index (χ1n) is 6.32. The molecule has 8 heteroatoms. The van der Waals surface area contributed by atoms with E-state index in [4.69, 9.17) is 4.74 Å². The van der Waals surface area contributed by atoms with E-state index in [0.717, 1.165) is 0 Å². The maximum Gasteiger partial charge on any atom is 0.338 e. The van der Waals surface area contributed by atoms with Gasteiger partial charge < -0.3 is 4.74 Å². The number of fused-ring (bicyclic) bond motifs is 1. The van der Waals surface area contributed by atoms with Crippen molar-refractivity contribution in [3.05, 3.63) is 62.8 Å². The second kappa shape index (κ2) is 5.64. The Hall–Kier alpha value is -2.61. The SMILES string of the molecule is Cc1nn2c(=O)cc(COC(=O)c3ccc(F)cc3)nc2s1. The van der Waals surface area contributed by atoms with Gasteiger partial charge in [0.2, 0.25) is 4.96 Å². The van der Waals surface area contributed by atoms with Gasteiger partial charge in [-0.2, -0.15) is 9.61 Å². The molecule has 0 saturated heterocycles. The highest BCUT2D eigenvalue weighted by Crippen LogP contribution is 2.11. The van der Waals surface area contributed by atoms with Crippen LogP contribution in [0, 0.1) is 12.7 Å². The second-order valence-corrected chi connectivity index (χ2v) is 5.64. The Balaban J connectivity index is 1.77. The lowest BCUT2D eigenvalue weighted by Gasteiger charge is -2.04. The monoisotopic (exact) mass is 319 g/mol. The number of ether oxygens (including phenoxy) is 1.